The molecule has 3 aromatic rings. The van der Waals surface area contributed by atoms with E-state index < -0.39 is 12.1 Å². The number of carboxylic acids is 1. The number of amides is 1. The van der Waals surface area contributed by atoms with E-state index in [2.05, 4.69) is 15.5 Å². The van der Waals surface area contributed by atoms with E-state index in [0.717, 1.165) is 22.4 Å². The van der Waals surface area contributed by atoms with Crippen molar-refractivity contribution in [2.24, 2.45) is 0 Å². The minimum absolute atomic E-state index is 0.118. The number of carbonyl (C=O) groups is 2. The molecule has 1 amide bonds. The summed E-state index contributed by atoms with van der Waals surface area (Å²) in [6.07, 6.45) is 0.745. The molecular formula is C17H12N4O4. The summed E-state index contributed by atoms with van der Waals surface area (Å²) in [5.41, 5.74) is 3.99. The Morgan fingerprint density at radius 2 is 2.04 bits per heavy atom. The zero-order valence-corrected chi connectivity index (χ0v) is 12.8. The van der Waals surface area contributed by atoms with E-state index >= 15 is 0 Å². The van der Waals surface area contributed by atoms with Gasteiger partial charge in [0.15, 0.2) is 5.69 Å². The largest absolute Gasteiger partial charge is 0.476 e. The fourth-order valence-electron chi connectivity index (χ4n) is 2.60. The summed E-state index contributed by atoms with van der Waals surface area (Å²) >= 11 is 0. The second kappa shape index (κ2) is 5.75. The van der Waals surface area contributed by atoms with Crippen molar-refractivity contribution in [3.63, 3.8) is 0 Å². The first-order chi connectivity index (χ1) is 12.1. The van der Waals surface area contributed by atoms with E-state index in [-0.39, 0.29) is 12.3 Å². The number of rotatable bonds is 3. The molecule has 0 aliphatic carbocycles. The number of fused-ring (bicyclic) bond motifs is 1. The van der Waals surface area contributed by atoms with Crippen molar-refractivity contribution in [2.45, 2.75) is 6.61 Å². The Balaban J connectivity index is 1.69. The molecule has 0 unspecified atom stereocenters. The standard InChI is InChI=1S/C17H12N4O4/c22-16(23)15-8-18-21(20-15)13-3-1-2-10(7-13)11-4-5-14-12(6-11)9-25-17(24)19-14/h1-8H,9H2,(H,19,24)(H,22,23). The number of nitrogens with one attached hydrogen (secondary N) is 1. The molecule has 25 heavy (non-hydrogen) atoms. The quantitative estimate of drug-likeness (QED) is 0.761. The van der Waals surface area contributed by atoms with Gasteiger partial charge in [-0.25, -0.2) is 9.59 Å². The molecule has 124 valence electrons. The molecule has 0 saturated heterocycles. The Morgan fingerprint density at radius 1 is 1.20 bits per heavy atom. The van der Waals surface area contributed by atoms with Gasteiger partial charge < -0.3 is 9.84 Å². The third-order valence-electron chi connectivity index (χ3n) is 3.82. The second-order valence-electron chi connectivity index (χ2n) is 5.45. The van der Waals surface area contributed by atoms with Gasteiger partial charge in [-0.15, -0.1) is 5.10 Å². The first kappa shape index (κ1) is 14.9. The van der Waals surface area contributed by atoms with Gasteiger partial charge in [-0.3, -0.25) is 5.32 Å². The van der Waals surface area contributed by atoms with Crippen molar-refractivity contribution in [1.29, 1.82) is 0 Å². The molecule has 8 nitrogen and oxygen atoms in total. The molecule has 0 fully saturated rings. The first-order valence-corrected chi connectivity index (χ1v) is 7.43. The van der Waals surface area contributed by atoms with Crippen LogP contribution in [0.25, 0.3) is 16.8 Å². The molecule has 2 heterocycles. The summed E-state index contributed by atoms with van der Waals surface area (Å²) in [4.78, 5) is 23.4. The summed E-state index contributed by atoms with van der Waals surface area (Å²) in [7, 11) is 0. The van der Waals surface area contributed by atoms with E-state index in [1.165, 1.54) is 11.0 Å². The van der Waals surface area contributed by atoms with Gasteiger partial charge in [-0.1, -0.05) is 18.2 Å². The summed E-state index contributed by atoms with van der Waals surface area (Å²) in [6, 6.07) is 13.1. The highest BCUT2D eigenvalue weighted by Crippen LogP contribution is 2.29. The maximum atomic E-state index is 11.2. The predicted molar refractivity (Wildman–Crippen MR) is 87.6 cm³/mol. The van der Waals surface area contributed by atoms with Crippen LogP contribution in [-0.4, -0.2) is 32.2 Å². The average Bonchev–Trinajstić information content (AvgIpc) is 3.12. The molecule has 1 aromatic heterocycles. The van der Waals surface area contributed by atoms with Crippen LogP contribution in [-0.2, 0) is 11.3 Å². The zero-order valence-electron chi connectivity index (χ0n) is 12.8. The van der Waals surface area contributed by atoms with Crippen LogP contribution in [0.4, 0.5) is 10.5 Å². The van der Waals surface area contributed by atoms with Crippen molar-refractivity contribution < 1.29 is 19.4 Å². The number of aromatic carboxylic acids is 1. The van der Waals surface area contributed by atoms with Gasteiger partial charge in [0, 0.05) is 5.56 Å². The lowest BCUT2D eigenvalue weighted by Gasteiger charge is -2.18. The van der Waals surface area contributed by atoms with Crippen molar-refractivity contribution in [3.05, 3.63) is 59.9 Å². The van der Waals surface area contributed by atoms with Crippen LogP contribution in [0.5, 0.6) is 0 Å². The molecule has 1 aliphatic heterocycles. The maximum Gasteiger partial charge on any atom is 0.411 e. The van der Waals surface area contributed by atoms with Crippen molar-refractivity contribution >= 4 is 17.7 Å². The van der Waals surface area contributed by atoms with Gasteiger partial charge >= 0.3 is 12.1 Å². The van der Waals surface area contributed by atoms with Gasteiger partial charge in [0.1, 0.15) is 6.61 Å². The van der Waals surface area contributed by atoms with E-state index in [1.54, 1.807) is 6.07 Å². The summed E-state index contributed by atoms with van der Waals surface area (Å²) in [5, 5.41) is 19.5. The number of carboxylic acid groups (broad SMARTS) is 1. The maximum absolute atomic E-state index is 11.2. The highest BCUT2D eigenvalue weighted by molar-refractivity contribution is 5.88. The summed E-state index contributed by atoms with van der Waals surface area (Å²) in [6.45, 7) is 0.220. The van der Waals surface area contributed by atoms with Crippen molar-refractivity contribution in [1.82, 2.24) is 15.0 Å². The van der Waals surface area contributed by atoms with Crippen LogP contribution < -0.4 is 5.32 Å². The lowest BCUT2D eigenvalue weighted by Crippen LogP contribution is -2.20. The van der Waals surface area contributed by atoms with E-state index in [9.17, 15) is 9.59 Å². The summed E-state index contributed by atoms with van der Waals surface area (Å²) in [5.74, 6) is -1.13. The fourth-order valence-corrected chi connectivity index (χ4v) is 2.60. The fraction of sp³-hybridized carbons (Fsp3) is 0.0588. The van der Waals surface area contributed by atoms with E-state index in [0.29, 0.717) is 5.69 Å². The van der Waals surface area contributed by atoms with Crippen LogP contribution >= 0.6 is 0 Å². The van der Waals surface area contributed by atoms with Crippen molar-refractivity contribution in [3.8, 4) is 16.8 Å². The Labute approximate surface area is 141 Å². The molecule has 2 N–H and O–H groups in total. The number of anilines is 1. The third-order valence-corrected chi connectivity index (χ3v) is 3.82. The van der Waals surface area contributed by atoms with E-state index in [4.69, 9.17) is 9.84 Å². The molecule has 1 aliphatic rings. The number of aromatic nitrogens is 3. The highest BCUT2D eigenvalue weighted by atomic mass is 16.5. The number of benzene rings is 2. The lowest BCUT2D eigenvalue weighted by molar-refractivity contribution is 0.0690. The third kappa shape index (κ3) is 2.80. The topological polar surface area (TPSA) is 106 Å². The Bertz CT molecular complexity index is 996. The zero-order chi connectivity index (χ0) is 17.4. The molecule has 8 heteroatoms. The Morgan fingerprint density at radius 3 is 2.84 bits per heavy atom. The molecule has 0 bridgehead atoms. The molecule has 4 rings (SSSR count). The second-order valence-corrected chi connectivity index (χ2v) is 5.45. The number of hydrogen-bond donors (Lipinski definition) is 2. The van der Waals surface area contributed by atoms with Crippen LogP contribution in [0.1, 0.15) is 16.1 Å². The first-order valence-electron chi connectivity index (χ1n) is 7.43. The Kier molecular flexibility index (Phi) is 3.42. The number of nitrogens with zero attached hydrogens (tertiary/aromatic N) is 3. The van der Waals surface area contributed by atoms with E-state index in [1.807, 2.05) is 36.4 Å². The van der Waals surface area contributed by atoms with Gasteiger partial charge in [0.25, 0.3) is 0 Å². The lowest BCUT2D eigenvalue weighted by atomic mass is 10.0. The number of ether oxygens (including phenoxy) is 1. The number of carbonyl (C=O) groups excluding carboxylic acids is 1. The minimum atomic E-state index is -1.13. The monoisotopic (exact) mass is 336 g/mol. The van der Waals surface area contributed by atoms with Gasteiger partial charge in [-0.2, -0.15) is 9.90 Å². The van der Waals surface area contributed by atoms with Crippen LogP contribution in [0.3, 0.4) is 0 Å². The average molecular weight is 336 g/mol. The SMILES string of the molecule is O=C1Nc2ccc(-c3cccc(-n4ncc(C(=O)O)n4)c3)cc2CO1. The molecule has 0 spiro atoms. The summed E-state index contributed by atoms with van der Waals surface area (Å²) < 4.78 is 4.98. The number of cyclic esters (lactones) is 1. The van der Waals surface area contributed by atoms with Crippen molar-refractivity contribution in [2.75, 3.05) is 5.32 Å². The van der Waals surface area contributed by atoms with Gasteiger partial charge in [0.2, 0.25) is 0 Å². The molecule has 0 saturated carbocycles. The molecule has 2 aromatic carbocycles. The van der Waals surface area contributed by atoms with Gasteiger partial charge in [-0.05, 0) is 35.4 Å². The predicted octanol–water partition coefficient (Wildman–Crippen LogP) is 2.69. The van der Waals surface area contributed by atoms with Crippen LogP contribution in [0.2, 0.25) is 0 Å². The smallest absolute Gasteiger partial charge is 0.411 e. The number of hydrogen-bond acceptors (Lipinski definition) is 5. The normalized spacial score (nSPS) is 12.9. The molecular weight excluding hydrogens is 324 g/mol. The minimum Gasteiger partial charge on any atom is -0.476 e. The van der Waals surface area contributed by atoms with Crippen LogP contribution in [0.15, 0.2) is 48.7 Å². The highest BCUT2D eigenvalue weighted by Gasteiger charge is 2.16. The molecule has 0 radical (unpaired) electrons. The van der Waals surface area contributed by atoms with Gasteiger partial charge in [0.05, 0.1) is 17.6 Å². The molecule has 0 atom stereocenters. The Hall–Kier alpha value is -3.68. The van der Waals surface area contributed by atoms with Crippen LogP contribution in [0, 0.1) is 0 Å².